The van der Waals surface area contributed by atoms with Gasteiger partial charge in [0, 0.05) is 5.39 Å². The van der Waals surface area contributed by atoms with Crippen LogP contribution >= 0.6 is 0 Å². The summed E-state index contributed by atoms with van der Waals surface area (Å²) in [5.74, 6) is -0.499. The molecule has 0 aliphatic rings. The van der Waals surface area contributed by atoms with Crippen LogP contribution in [0.15, 0.2) is 66.7 Å². The van der Waals surface area contributed by atoms with Gasteiger partial charge in [-0.05, 0) is 37.4 Å². The van der Waals surface area contributed by atoms with Gasteiger partial charge in [0.1, 0.15) is 30.3 Å². The number of nitrogens with one attached hydrogen (secondary N) is 1. The van der Waals surface area contributed by atoms with Crippen molar-refractivity contribution in [2.24, 2.45) is 0 Å². The lowest BCUT2D eigenvalue weighted by Gasteiger charge is -2.22. The molecule has 0 fully saturated rings. The minimum Gasteiger partial charge on any atom is -0.490 e. The van der Waals surface area contributed by atoms with Crippen LogP contribution in [-0.2, 0) is 4.79 Å². The molecule has 0 bridgehead atoms. The molecule has 3 rings (SSSR count). The first-order valence-electron chi connectivity index (χ1n) is 9.27. The van der Waals surface area contributed by atoms with Crippen molar-refractivity contribution in [1.29, 1.82) is 0 Å². The Hall–Kier alpha value is -3.54. The Morgan fingerprint density at radius 1 is 0.897 bits per heavy atom. The third kappa shape index (κ3) is 4.85. The normalized spacial score (nSPS) is 11.1. The monoisotopic (exact) mass is 393 g/mol. The van der Waals surface area contributed by atoms with Crippen molar-refractivity contribution in [1.82, 2.24) is 5.32 Å². The van der Waals surface area contributed by atoms with Crippen LogP contribution < -0.4 is 14.8 Å². The van der Waals surface area contributed by atoms with Crippen LogP contribution in [0.5, 0.6) is 11.5 Å². The maximum Gasteiger partial charge on any atom is 0.328 e. The molecule has 150 valence electrons. The Bertz CT molecular complexity index is 1010. The fourth-order valence-electron chi connectivity index (χ4n) is 2.80. The lowest BCUT2D eigenvalue weighted by atomic mass is 10.0. The lowest BCUT2D eigenvalue weighted by molar-refractivity contribution is -0.143. The van der Waals surface area contributed by atoms with E-state index >= 15 is 0 Å². The van der Waals surface area contributed by atoms with Crippen LogP contribution in [0.4, 0.5) is 0 Å². The molecule has 0 aromatic heterocycles. The number of carbonyl (C=O) groups excluding carboxylic acids is 1. The quantitative estimate of drug-likeness (QED) is 0.567. The van der Waals surface area contributed by atoms with Gasteiger partial charge in [-0.1, -0.05) is 48.5 Å². The zero-order valence-corrected chi connectivity index (χ0v) is 16.3. The highest BCUT2D eigenvalue weighted by Gasteiger charge is 2.30. The average molecular weight is 393 g/mol. The van der Waals surface area contributed by atoms with Gasteiger partial charge >= 0.3 is 5.97 Å². The van der Waals surface area contributed by atoms with Gasteiger partial charge in [0.2, 0.25) is 0 Å². The fourth-order valence-corrected chi connectivity index (χ4v) is 2.80. The largest absolute Gasteiger partial charge is 0.490 e. The summed E-state index contributed by atoms with van der Waals surface area (Å²) in [6.07, 6.45) is 0. The molecule has 1 amide bonds. The second-order valence-corrected chi connectivity index (χ2v) is 7.06. The van der Waals surface area contributed by atoms with Gasteiger partial charge in [0.25, 0.3) is 5.91 Å². The van der Waals surface area contributed by atoms with Crippen molar-refractivity contribution in [2.75, 3.05) is 13.2 Å². The van der Waals surface area contributed by atoms with Gasteiger partial charge in [-0.15, -0.1) is 0 Å². The first kappa shape index (κ1) is 20.2. The van der Waals surface area contributed by atoms with Crippen LogP contribution in [0.1, 0.15) is 24.2 Å². The zero-order valence-electron chi connectivity index (χ0n) is 16.3. The van der Waals surface area contributed by atoms with E-state index < -0.39 is 17.4 Å². The van der Waals surface area contributed by atoms with Crippen LogP contribution in [-0.4, -0.2) is 35.7 Å². The molecule has 0 spiro atoms. The van der Waals surface area contributed by atoms with E-state index in [1.807, 2.05) is 60.7 Å². The summed E-state index contributed by atoms with van der Waals surface area (Å²) < 4.78 is 11.6. The molecule has 6 heteroatoms. The second-order valence-electron chi connectivity index (χ2n) is 7.06. The Morgan fingerprint density at radius 2 is 1.55 bits per heavy atom. The molecule has 3 aromatic rings. The number of aliphatic carboxylic acids is 1. The molecule has 3 aromatic carbocycles. The van der Waals surface area contributed by atoms with Gasteiger partial charge in [0.05, 0.1) is 5.56 Å². The summed E-state index contributed by atoms with van der Waals surface area (Å²) in [6.45, 7) is 3.39. The summed E-state index contributed by atoms with van der Waals surface area (Å²) in [5.41, 5.74) is -1.13. The zero-order chi connectivity index (χ0) is 20.9. The average Bonchev–Trinajstić information content (AvgIpc) is 2.71. The minimum absolute atomic E-state index is 0.228. The van der Waals surface area contributed by atoms with Crippen LogP contribution in [0.25, 0.3) is 10.8 Å². The van der Waals surface area contributed by atoms with E-state index in [2.05, 4.69) is 5.32 Å². The third-order valence-electron chi connectivity index (χ3n) is 4.43. The Morgan fingerprint density at radius 3 is 2.28 bits per heavy atom. The number of fused-ring (bicyclic) bond motifs is 1. The van der Waals surface area contributed by atoms with Crippen LogP contribution in [0.2, 0.25) is 0 Å². The predicted molar refractivity (Wildman–Crippen MR) is 111 cm³/mol. The molecule has 0 atom stereocenters. The highest BCUT2D eigenvalue weighted by molar-refractivity contribution is 6.05. The summed E-state index contributed by atoms with van der Waals surface area (Å²) in [7, 11) is 0. The molecule has 0 radical (unpaired) electrons. The van der Waals surface area contributed by atoms with E-state index in [0.29, 0.717) is 12.4 Å². The number of para-hydroxylation sites is 1. The maximum absolute atomic E-state index is 12.8. The van der Waals surface area contributed by atoms with E-state index in [4.69, 9.17) is 9.47 Å². The topological polar surface area (TPSA) is 84.9 Å². The number of hydrogen-bond acceptors (Lipinski definition) is 4. The van der Waals surface area contributed by atoms with E-state index in [0.717, 1.165) is 16.5 Å². The molecule has 6 nitrogen and oxygen atoms in total. The molecule has 0 saturated carbocycles. The van der Waals surface area contributed by atoms with E-state index in [-0.39, 0.29) is 12.2 Å². The van der Waals surface area contributed by atoms with Gasteiger partial charge in [-0.3, -0.25) is 4.79 Å². The molecule has 0 unspecified atom stereocenters. The second kappa shape index (κ2) is 8.65. The van der Waals surface area contributed by atoms with Crippen molar-refractivity contribution in [2.45, 2.75) is 19.4 Å². The molecule has 2 N–H and O–H groups in total. The molecular weight excluding hydrogens is 370 g/mol. The summed E-state index contributed by atoms with van der Waals surface area (Å²) in [4.78, 5) is 24.2. The summed E-state index contributed by atoms with van der Waals surface area (Å²) in [6, 6.07) is 20.4. The van der Waals surface area contributed by atoms with Gasteiger partial charge in [0.15, 0.2) is 0 Å². The van der Waals surface area contributed by atoms with E-state index in [1.165, 1.54) is 13.8 Å². The first-order chi connectivity index (χ1) is 13.9. The Balaban J connectivity index is 1.82. The van der Waals surface area contributed by atoms with Gasteiger partial charge in [-0.25, -0.2) is 4.79 Å². The number of hydrogen-bond donors (Lipinski definition) is 2. The number of amides is 1. The predicted octanol–water partition coefficient (Wildman–Crippen LogP) is 3.89. The van der Waals surface area contributed by atoms with Crippen LogP contribution in [0, 0.1) is 0 Å². The highest BCUT2D eigenvalue weighted by Crippen LogP contribution is 2.30. The van der Waals surface area contributed by atoms with E-state index in [1.54, 1.807) is 6.07 Å². The number of carbonyl (C=O) groups is 2. The van der Waals surface area contributed by atoms with Crippen molar-refractivity contribution < 1.29 is 24.2 Å². The molecule has 0 saturated heterocycles. The first-order valence-corrected chi connectivity index (χ1v) is 9.27. The number of carboxylic acid groups (broad SMARTS) is 1. The van der Waals surface area contributed by atoms with Crippen molar-refractivity contribution in [3.8, 4) is 11.5 Å². The lowest BCUT2D eigenvalue weighted by Crippen LogP contribution is -2.49. The minimum atomic E-state index is -1.41. The fraction of sp³-hybridized carbons (Fsp3) is 0.217. The molecule has 29 heavy (non-hydrogen) atoms. The SMILES string of the molecule is CC(C)(NC(=O)c1ccc2ccccc2c1OCCOc1ccccc1)C(=O)O. The standard InChI is InChI=1S/C23H23NO5/c1-23(2,22(26)27)24-21(25)19-13-12-16-8-6-7-11-18(16)20(19)29-15-14-28-17-9-4-3-5-10-17/h3-13H,14-15H2,1-2H3,(H,24,25)(H,26,27). The van der Waals surface area contributed by atoms with E-state index in [9.17, 15) is 14.7 Å². The van der Waals surface area contributed by atoms with Gasteiger partial charge in [-0.2, -0.15) is 0 Å². The Kier molecular flexibility index (Phi) is 6.02. The molecular formula is C23H23NO5. The summed E-state index contributed by atoms with van der Waals surface area (Å²) in [5, 5.41) is 13.5. The maximum atomic E-state index is 12.8. The summed E-state index contributed by atoms with van der Waals surface area (Å²) >= 11 is 0. The van der Waals surface area contributed by atoms with Crippen molar-refractivity contribution in [3.05, 3.63) is 72.3 Å². The van der Waals surface area contributed by atoms with Crippen molar-refractivity contribution in [3.63, 3.8) is 0 Å². The third-order valence-corrected chi connectivity index (χ3v) is 4.43. The molecule has 0 heterocycles. The molecule has 0 aliphatic heterocycles. The number of benzene rings is 3. The smallest absolute Gasteiger partial charge is 0.328 e. The highest BCUT2D eigenvalue weighted by atomic mass is 16.5. The number of carboxylic acids is 1. The molecule has 0 aliphatic carbocycles. The van der Waals surface area contributed by atoms with Crippen molar-refractivity contribution >= 4 is 22.6 Å². The number of ether oxygens (including phenoxy) is 2. The van der Waals surface area contributed by atoms with Gasteiger partial charge < -0.3 is 19.9 Å². The Labute approximate surface area is 169 Å². The van der Waals surface area contributed by atoms with Crippen LogP contribution in [0.3, 0.4) is 0 Å². The number of rotatable bonds is 8.